The van der Waals surface area contributed by atoms with Gasteiger partial charge in [0, 0.05) is 49.2 Å². The highest BCUT2D eigenvalue weighted by atomic mass is 32.1. The topological polar surface area (TPSA) is 58.4 Å². The van der Waals surface area contributed by atoms with Gasteiger partial charge in [-0.2, -0.15) is 0 Å². The molecular weight excluding hydrogens is 346 g/mol. The number of hydrogen-bond acceptors (Lipinski definition) is 5. The van der Waals surface area contributed by atoms with Crippen LogP contribution in [0.5, 0.6) is 0 Å². The quantitative estimate of drug-likeness (QED) is 0.398. The molecule has 1 aliphatic heterocycles. The molecule has 1 aromatic heterocycles. The van der Waals surface area contributed by atoms with E-state index in [0.29, 0.717) is 6.04 Å². The molecule has 0 radical (unpaired) electrons. The molecule has 2 heterocycles. The number of nitrogens with one attached hydrogen (secondary N) is 1. The highest BCUT2D eigenvalue weighted by Crippen LogP contribution is 2.36. The first-order chi connectivity index (χ1) is 12.7. The highest BCUT2D eigenvalue weighted by molar-refractivity contribution is 7.10. The van der Waals surface area contributed by atoms with Crippen molar-refractivity contribution in [2.45, 2.75) is 45.2 Å². The minimum Gasteiger partial charge on any atom is -0.311 e. The van der Waals surface area contributed by atoms with Crippen LogP contribution in [0, 0.1) is 10.1 Å². The normalized spacial score (nSPS) is 17.2. The van der Waals surface area contributed by atoms with Crippen molar-refractivity contribution in [1.29, 1.82) is 0 Å². The predicted octanol–water partition coefficient (Wildman–Crippen LogP) is 4.54. The van der Waals surface area contributed by atoms with Crippen molar-refractivity contribution < 1.29 is 4.92 Å². The van der Waals surface area contributed by atoms with Crippen molar-refractivity contribution in [2.24, 2.45) is 0 Å². The molecule has 1 atom stereocenters. The van der Waals surface area contributed by atoms with Crippen LogP contribution in [0.4, 0.5) is 5.69 Å². The molecule has 2 aromatic rings. The van der Waals surface area contributed by atoms with Crippen LogP contribution in [0.15, 0.2) is 35.7 Å². The van der Waals surface area contributed by atoms with Crippen molar-refractivity contribution in [2.75, 3.05) is 19.6 Å². The second-order valence-corrected chi connectivity index (χ2v) is 7.80. The van der Waals surface area contributed by atoms with E-state index in [-0.39, 0.29) is 10.6 Å². The first-order valence-corrected chi connectivity index (χ1v) is 10.3. The maximum Gasteiger partial charge on any atom is 0.269 e. The smallest absolute Gasteiger partial charge is 0.269 e. The average Bonchev–Trinajstić information content (AvgIpc) is 3.13. The second kappa shape index (κ2) is 9.26. The van der Waals surface area contributed by atoms with Gasteiger partial charge in [-0.25, -0.2) is 0 Å². The number of non-ortho nitro benzene ring substituents is 1. The Labute approximate surface area is 159 Å². The number of nitrogens with zero attached hydrogens (tertiary/aromatic N) is 2. The Bertz CT molecular complexity index is 714. The summed E-state index contributed by atoms with van der Waals surface area (Å²) in [7, 11) is 0. The van der Waals surface area contributed by atoms with E-state index in [1.165, 1.54) is 19.3 Å². The van der Waals surface area contributed by atoms with E-state index in [4.69, 9.17) is 0 Å². The third kappa shape index (κ3) is 4.69. The number of hydrogen-bond donors (Lipinski definition) is 1. The third-order valence-corrected chi connectivity index (χ3v) is 6.14. The molecule has 26 heavy (non-hydrogen) atoms. The van der Waals surface area contributed by atoms with E-state index in [9.17, 15) is 10.1 Å². The van der Waals surface area contributed by atoms with Crippen LogP contribution in [-0.2, 0) is 13.0 Å². The molecule has 0 saturated carbocycles. The van der Waals surface area contributed by atoms with Crippen molar-refractivity contribution in [3.05, 3.63) is 61.8 Å². The van der Waals surface area contributed by atoms with E-state index in [0.717, 1.165) is 38.2 Å². The molecule has 0 fully saturated rings. The summed E-state index contributed by atoms with van der Waals surface area (Å²) < 4.78 is 0. The van der Waals surface area contributed by atoms with Gasteiger partial charge in [-0.15, -0.1) is 11.3 Å². The van der Waals surface area contributed by atoms with E-state index in [1.54, 1.807) is 22.6 Å². The fourth-order valence-corrected chi connectivity index (χ4v) is 4.73. The lowest BCUT2D eigenvalue weighted by molar-refractivity contribution is -0.384. The molecule has 0 bridgehead atoms. The fourth-order valence-electron chi connectivity index (χ4n) is 3.60. The molecular formula is C20H27N3O2S. The van der Waals surface area contributed by atoms with Gasteiger partial charge in [0.25, 0.3) is 5.69 Å². The number of nitro groups is 1. The standard InChI is InChI=1S/C20H27N3O2S/c1-2-3-4-19-20-17(10-14-26-20)9-12-22(19)13-11-21-15-16-5-7-18(8-6-16)23(24)25/h5-8,10,14,19,21H,2-4,9,11-13,15H2,1H3. The van der Waals surface area contributed by atoms with Crippen LogP contribution in [0.1, 0.15) is 48.2 Å². The van der Waals surface area contributed by atoms with Gasteiger partial charge in [0.15, 0.2) is 0 Å². The summed E-state index contributed by atoms with van der Waals surface area (Å²) >= 11 is 1.91. The summed E-state index contributed by atoms with van der Waals surface area (Å²) in [5.41, 5.74) is 2.77. The molecule has 0 amide bonds. The number of thiophene rings is 1. The van der Waals surface area contributed by atoms with Crippen molar-refractivity contribution in [1.82, 2.24) is 10.2 Å². The maximum atomic E-state index is 10.7. The molecule has 1 aromatic carbocycles. The van der Waals surface area contributed by atoms with E-state index in [2.05, 4.69) is 28.6 Å². The lowest BCUT2D eigenvalue weighted by atomic mass is 9.97. The SMILES string of the molecule is CCCCC1c2sccc2CCN1CCNCc1ccc([N+](=O)[O-])cc1. The first kappa shape index (κ1) is 19.0. The minimum atomic E-state index is -0.358. The zero-order valence-electron chi connectivity index (χ0n) is 15.3. The van der Waals surface area contributed by atoms with E-state index >= 15 is 0 Å². The molecule has 0 saturated heterocycles. The van der Waals surface area contributed by atoms with Gasteiger partial charge in [0.1, 0.15) is 0 Å². The molecule has 1 unspecified atom stereocenters. The van der Waals surface area contributed by atoms with Gasteiger partial charge in [0.05, 0.1) is 4.92 Å². The van der Waals surface area contributed by atoms with Crippen LogP contribution in [-0.4, -0.2) is 29.5 Å². The van der Waals surface area contributed by atoms with E-state index < -0.39 is 0 Å². The molecule has 140 valence electrons. The highest BCUT2D eigenvalue weighted by Gasteiger charge is 2.27. The van der Waals surface area contributed by atoms with Gasteiger partial charge in [-0.05, 0) is 35.4 Å². The molecule has 3 rings (SSSR count). The lowest BCUT2D eigenvalue weighted by Crippen LogP contribution is -2.39. The van der Waals surface area contributed by atoms with Crippen molar-refractivity contribution >= 4 is 17.0 Å². The zero-order chi connectivity index (χ0) is 18.4. The third-order valence-electron chi connectivity index (χ3n) is 5.08. The van der Waals surface area contributed by atoms with Crippen LogP contribution < -0.4 is 5.32 Å². The Kier molecular flexibility index (Phi) is 6.77. The molecule has 6 heteroatoms. The molecule has 0 aliphatic carbocycles. The summed E-state index contributed by atoms with van der Waals surface area (Å²) in [5, 5.41) is 16.4. The Hall–Kier alpha value is -1.76. The summed E-state index contributed by atoms with van der Waals surface area (Å²) in [6.07, 6.45) is 4.91. The fraction of sp³-hybridized carbons (Fsp3) is 0.500. The number of fused-ring (bicyclic) bond motifs is 1. The van der Waals surface area contributed by atoms with Gasteiger partial charge in [-0.1, -0.05) is 31.9 Å². The second-order valence-electron chi connectivity index (χ2n) is 6.85. The Morgan fingerprint density at radius 1 is 1.31 bits per heavy atom. The van der Waals surface area contributed by atoms with Crippen molar-refractivity contribution in [3.63, 3.8) is 0 Å². The van der Waals surface area contributed by atoms with Gasteiger partial charge >= 0.3 is 0 Å². The Morgan fingerprint density at radius 2 is 2.12 bits per heavy atom. The number of benzene rings is 1. The van der Waals surface area contributed by atoms with Gasteiger partial charge < -0.3 is 5.32 Å². The Morgan fingerprint density at radius 3 is 2.85 bits per heavy atom. The summed E-state index contributed by atoms with van der Waals surface area (Å²) in [6.45, 7) is 6.11. The van der Waals surface area contributed by atoms with Crippen LogP contribution in [0.25, 0.3) is 0 Å². The van der Waals surface area contributed by atoms with Gasteiger partial charge in [0.2, 0.25) is 0 Å². The monoisotopic (exact) mass is 373 g/mol. The number of nitro benzene ring substituents is 1. The number of unbranched alkanes of at least 4 members (excludes halogenated alkanes) is 1. The maximum absolute atomic E-state index is 10.7. The van der Waals surface area contributed by atoms with Crippen LogP contribution in [0.2, 0.25) is 0 Å². The van der Waals surface area contributed by atoms with Crippen molar-refractivity contribution in [3.8, 4) is 0 Å². The zero-order valence-corrected chi connectivity index (χ0v) is 16.1. The van der Waals surface area contributed by atoms with Gasteiger partial charge in [-0.3, -0.25) is 15.0 Å². The molecule has 5 nitrogen and oxygen atoms in total. The number of rotatable bonds is 9. The molecule has 1 N–H and O–H groups in total. The summed E-state index contributed by atoms with van der Waals surface area (Å²) in [6, 6.07) is 9.66. The Balaban J connectivity index is 1.49. The molecule has 1 aliphatic rings. The summed E-state index contributed by atoms with van der Waals surface area (Å²) in [4.78, 5) is 14.5. The molecule has 0 spiro atoms. The predicted molar refractivity (Wildman–Crippen MR) is 107 cm³/mol. The minimum absolute atomic E-state index is 0.146. The largest absolute Gasteiger partial charge is 0.311 e. The summed E-state index contributed by atoms with van der Waals surface area (Å²) in [5.74, 6) is 0. The average molecular weight is 374 g/mol. The van der Waals surface area contributed by atoms with Crippen LogP contribution in [0.3, 0.4) is 0 Å². The lowest BCUT2D eigenvalue weighted by Gasteiger charge is -2.36. The van der Waals surface area contributed by atoms with E-state index in [1.807, 2.05) is 23.5 Å². The first-order valence-electron chi connectivity index (χ1n) is 9.43. The van der Waals surface area contributed by atoms with Crippen LogP contribution >= 0.6 is 11.3 Å².